The molecule has 0 unspecified atom stereocenters. The van der Waals surface area contributed by atoms with Crippen molar-refractivity contribution in [3.63, 3.8) is 0 Å². The number of furan rings is 1. The van der Waals surface area contributed by atoms with E-state index in [1.165, 1.54) is 0 Å². The summed E-state index contributed by atoms with van der Waals surface area (Å²) in [5.74, 6) is 0.433. The van der Waals surface area contributed by atoms with Crippen molar-refractivity contribution >= 4 is 11.0 Å². The Bertz CT molecular complexity index is 1140. The van der Waals surface area contributed by atoms with Crippen molar-refractivity contribution in [2.75, 3.05) is 6.61 Å². The summed E-state index contributed by atoms with van der Waals surface area (Å²) >= 11 is 0. The Hall–Kier alpha value is -3.15. The van der Waals surface area contributed by atoms with Crippen molar-refractivity contribution in [2.24, 2.45) is 5.73 Å². The van der Waals surface area contributed by atoms with Crippen LogP contribution in [0.2, 0.25) is 0 Å². The van der Waals surface area contributed by atoms with Gasteiger partial charge in [0.15, 0.2) is 0 Å². The van der Waals surface area contributed by atoms with Gasteiger partial charge in [-0.1, -0.05) is 42.5 Å². The minimum atomic E-state index is -0.298. The van der Waals surface area contributed by atoms with Crippen LogP contribution in [0, 0.1) is 5.82 Å². The number of para-hydroxylation sites is 1. The summed E-state index contributed by atoms with van der Waals surface area (Å²) in [7, 11) is 0. The van der Waals surface area contributed by atoms with E-state index in [1.807, 2.05) is 48.5 Å². The summed E-state index contributed by atoms with van der Waals surface area (Å²) in [4.78, 5) is 0. The third kappa shape index (κ3) is 3.88. The van der Waals surface area contributed by atoms with Crippen LogP contribution < -0.4 is 10.5 Å². The Balaban J connectivity index is 1.65. The molecule has 0 fully saturated rings. The number of hydrogen-bond donors (Lipinski definition) is 2. The van der Waals surface area contributed by atoms with Gasteiger partial charge in [-0.25, -0.2) is 4.39 Å². The molecule has 4 aromatic rings. The van der Waals surface area contributed by atoms with Crippen LogP contribution in [-0.2, 0) is 19.6 Å². The second-order valence-electron chi connectivity index (χ2n) is 6.82. The summed E-state index contributed by atoms with van der Waals surface area (Å²) in [6, 6.07) is 18.5. The zero-order chi connectivity index (χ0) is 20.2. The van der Waals surface area contributed by atoms with E-state index in [4.69, 9.17) is 14.9 Å². The molecular formula is C24H22FNO3. The molecule has 0 atom stereocenters. The first-order valence-electron chi connectivity index (χ1n) is 9.50. The van der Waals surface area contributed by atoms with Gasteiger partial charge in [-0.05, 0) is 35.7 Å². The SMILES string of the molecule is NCc1cccc(-c2ccc3occ(COc4ccccc4CCO)c3c2)c1F. The minimum absolute atomic E-state index is 0.0613. The standard InChI is InChI=1S/C24H22FNO3/c25-24-18(13-26)5-3-6-20(24)17-8-9-23-21(12-17)19(15-29-23)14-28-22-7-2-1-4-16(22)10-11-27/h1-9,12,15,27H,10-11,13-14,26H2. The largest absolute Gasteiger partial charge is 0.488 e. The monoisotopic (exact) mass is 391 g/mol. The highest BCUT2D eigenvalue weighted by Gasteiger charge is 2.13. The molecule has 4 nitrogen and oxygen atoms in total. The predicted octanol–water partition coefficient (Wildman–Crippen LogP) is 4.81. The highest BCUT2D eigenvalue weighted by molar-refractivity contribution is 5.86. The molecule has 29 heavy (non-hydrogen) atoms. The highest BCUT2D eigenvalue weighted by Crippen LogP contribution is 2.31. The Morgan fingerprint density at radius 3 is 2.62 bits per heavy atom. The number of nitrogens with two attached hydrogens (primary N) is 1. The molecule has 0 saturated carbocycles. The molecule has 3 N–H and O–H groups in total. The number of aliphatic hydroxyl groups excluding tert-OH is 1. The van der Waals surface area contributed by atoms with Crippen LogP contribution in [-0.4, -0.2) is 11.7 Å². The number of aliphatic hydroxyl groups is 1. The van der Waals surface area contributed by atoms with Crippen molar-refractivity contribution in [2.45, 2.75) is 19.6 Å². The number of hydrogen-bond acceptors (Lipinski definition) is 4. The Morgan fingerprint density at radius 2 is 1.79 bits per heavy atom. The Kier molecular flexibility index (Phi) is 5.60. The number of rotatable bonds is 7. The third-order valence-corrected chi connectivity index (χ3v) is 5.00. The topological polar surface area (TPSA) is 68.6 Å². The molecule has 148 valence electrons. The number of ether oxygens (including phenoxy) is 1. The second kappa shape index (κ2) is 8.47. The van der Waals surface area contributed by atoms with Gasteiger partial charge in [-0.3, -0.25) is 0 Å². The molecule has 0 aliphatic carbocycles. The molecule has 0 bridgehead atoms. The van der Waals surface area contributed by atoms with E-state index in [0.29, 0.717) is 29.7 Å². The van der Waals surface area contributed by atoms with Gasteiger partial charge >= 0.3 is 0 Å². The van der Waals surface area contributed by atoms with E-state index in [9.17, 15) is 9.50 Å². The maximum absolute atomic E-state index is 14.7. The van der Waals surface area contributed by atoms with Crippen LogP contribution >= 0.6 is 0 Å². The van der Waals surface area contributed by atoms with Crippen molar-refractivity contribution in [1.82, 2.24) is 0 Å². The summed E-state index contributed by atoms with van der Waals surface area (Å²) in [5.41, 5.74) is 9.92. The fraction of sp³-hybridized carbons (Fsp3) is 0.167. The molecule has 4 rings (SSSR count). The van der Waals surface area contributed by atoms with Gasteiger partial charge in [-0.2, -0.15) is 0 Å². The van der Waals surface area contributed by atoms with Crippen LogP contribution in [0.1, 0.15) is 16.7 Å². The van der Waals surface area contributed by atoms with E-state index in [2.05, 4.69) is 0 Å². The molecule has 0 spiro atoms. The van der Waals surface area contributed by atoms with E-state index < -0.39 is 0 Å². The van der Waals surface area contributed by atoms with Crippen LogP contribution in [0.25, 0.3) is 22.1 Å². The lowest BCUT2D eigenvalue weighted by molar-refractivity contribution is 0.284. The van der Waals surface area contributed by atoms with E-state index in [-0.39, 0.29) is 19.0 Å². The van der Waals surface area contributed by atoms with E-state index >= 15 is 0 Å². The van der Waals surface area contributed by atoms with Gasteiger partial charge in [0.2, 0.25) is 0 Å². The second-order valence-corrected chi connectivity index (χ2v) is 6.82. The molecule has 0 aliphatic heterocycles. The normalized spacial score (nSPS) is 11.1. The molecule has 1 aromatic heterocycles. The summed E-state index contributed by atoms with van der Waals surface area (Å²) in [5, 5.41) is 10.1. The summed E-state index contributed by atoms with van der Waals surface area (Å²) < 4.78 is 26.4. The minimum Gasteiger partial charge on any atom is -0.488 e. The molecule has 3 aromatic carbocycles. The van der Waals surface area contributed by atoms with E-state index in [0.717, 1.165) is 27.8 Å². The van der Waals surface area contributed by atoms with E-state index in [1.54, 1.807) is 18.4 Å². The quantitative estimate of drug-likeness (QED) is 0.474. The Morgan fingerprint density at radius 1 is 0.966 bits per heavy atom. The first-order valence-corrected chi connectivity index (χ1v) is 9.50. The van der Waals surface area contributed by atoms with Gasteiger partial charge in [-0.15, -0.1) is 0 Å². The molecular weight excluding hydrogens is 369 g/mol. The number of fused-ring (bicyclic) bond motifs is 1. The lowest BCUT2D eigenvalue weighted by atomic mass is 10.00. The maximum Gasteiger partial charge on any atom is 0.135 e. The zero-order valence-electron chi connectivity index (χ0n) is 15.9. The lowest BCUT2D eigenvalue weighted by Crippen LogP contribution is -2.01. The summed E-state index contributed by atoms with van der Waals surface area (Å²) in [6.45, 7) is 0.524. The predicted molar refractivity (Wildman–Crippen MR) is 111 cm³/mol. The summed E-state index contributed by atoms with van der Waals surface area (Å²) in [6.07, 6.45) is 2.19. The zero-order valence-corrected chi connectivity index (χ0v) is 15.9. The third-order valence-electron chi connectivity index (χ3n) is 5.00. The fourth-order valence-electron chi connectivity index (χ4n) is 3.45. The molecule has 0 radical (unpaired) electrons. The van der Waals surface area contributed by atoms with Crippen molar-refractivity contribution in [3.8, 4) is 16.9 Å². The van der Waals surface area contributed by atoms with Gasteiger partial charge in [0, 0.05) is 35.2 Å². The van der Waals surface area contributed by atoms with Crippen molar-refractivity contribution in [1.29, 1.82) is 0 Å². The molecule has 1 heterocycles. The first-order chi connectivity index (χ1) is 14.2. The molecule has 0 saturated heterocycles. The van der Waals surface area contributed by atoms with Crippen molar-refractivity contribution < 1.29 is 18.7 Å². The molecule has 0 amide bonds. The molecule has 5 heteroatoms. The van der Waals surface area contributed by atoms with Crippen LogP contribution in [0.5, 0.6) is 5.75 Å². The average Bonchev–Trinajstić information content (AvgIpc) is 3.16. The van der Waals surface area contributed by atoms with Gasteiger partial charge in [0.05, 0.1) is 6.26 Å². The smallest absolute Gasteiger partial charge is 0.135 e. The Labute approximate surface area is 168 Å². The van der Waals surface area contributed by atoms with Crippen LogP contribution in [0.15, 0.2) is 71.3 Å². The first kappa shape index (κ1) is 19.2. The average molecular weight is 391 g/mol. The van der Waals surface area contributed by atoms with Crippen molar-refractivity contribution in [3.05, 3.63) is 89.4 Å². The van der Waals surface area contributed by atoms with Gasteiger partial charge in [0.25, 0.3) is 0 Å². The van der Waals surface area contributed by atoms with Crippen LogP contribution in [0.4, 0.5) is 4.39 Å². The maximum atomic E-state index is 14.7. The number of halogens is 1. The lowest BCUT2D eigenvalue weighted by Gasteiger charge is -2.10. The fourth-order valence-corrected chi connectivity index (χ4v) is 3.45. The number of benzene rings is 3. The molecule has 0 aliphatic rings. The van der Waals surface area contributed by atoms with Crippen LogP contribution in [0.3, 0.4) is 0 Å². The van der Waals surface area contributed by atoms with Gasteiger partial charge < -0.3 is 20.0 Å². The van der Waals surface area contributed by atoms with Gasteiger partial charge in [0.1, 0.15) is 23.8 Å². The highest BCUT2D eigenvalue weighted by atomic mass is 19.1.